The maximum absolute atomic E-state index is 11.9. The Kier molecular flexibility index (Phi) is 3.21. The molecule has 0 aromatic heterocycles. The molecule has 0 aliphatic heterocycles. The van der Waals surface area contributed by atoms with Crippen LogP contribution in [0.4, 0.5) is 13.2 Å². The van der Waals surface area contributed by atoms with E-state index in [0.29, 0.717) is 0 Å². The van der Waals surface area contributed by atoms with Gasteiger partial charge in [0.1, 0.15) is 0 Å². The number of hydrogen-bond acceptors (Lipinski definition) is 2. The molecule has 6 heteroatoms. The maximum atomic E-state index is 11.9. The summed E-state index contributed by atoms with van der Waals surface area (Å²) in [5, 5.41) is 0.719. The lowest BCUT2D eigenvalue weighted by molar-refractivity contribution is -0.275. The predicted molar refractivity (Wildman–Crippen MR) is 49.0 cm³/mol. The zero-order chi connectivity index (χ0) is 10.8. The van der Waals surface area contributed by atoms with Crippen LogP contribution in [-0.4, -0.2) is 13.5 Å². The van der Waals surface area contributed by atoms with E-state index < -0.39 is 6.36 Å². The summed E-state index contributed by atoms with van der Waals surface area (Å²) in [6, 6.07) is 4.12. The largest absolute Gasteiger partial charge is 0.573 e. The molecular weight excluding hydrogens is 216 g/mol. The lowest BCUT2D eigenvalue weighted by atomic mass is 10.3. The molecule has 0 aliphatic carbocycles. The van der Waals surface area contributed by atoms with Crippen LogP contribution in [0.2, 0.25) is 0 Å². The predicted octanol–water partition coefficient (Wildman–Crippen LogP) is 2.09. The van der Waals surface area contributed by atoms with Crippen molar-refractivity contribution in [2.75, 3.05) is 7.11 Å². The van der Waals surface area contributed by atoms with Crippen LogP contribution in [0.25, 0.3) is 0 Å². The number of rotatable bonds is 2. The van der Waals surface area contributed by atoms with Crippen molar-refractivity contribution in [3.8, 4) is 11.5 Å². The molecule has 0 amide bonds. The first-order valence-electron chi connectivity index (χ1n) is 3.61. The minimum Gasteiger partial charge on any atom is -0.493 e. The molecule has 1 rings (SSSR count). The first kappa shape index (κ1) is 11.1. The molecule has 0 bridgehead atoms. The summed E-state index contributed by atoms with van der Waals surface area (Å²) in [4.78, 5) is 0. The van der Waals surface area contributed by atoms with Gasteiger partial charge < -0.3 is 9.47 Å². The molecule has 1 atom stereocenters. The van der Waals surface area contributed by atoms with E-state index in [1.165, 1.54) is 25.3 Å². The smallest absolute Gasteiger partial charge is 0.493 e. The van der Waals surface area contributed by atoms with Crippen LogP contribution in [0.1, 0.15) is 0 Å². The van der Waals surface area contributed by atoms with Gasteiger partial charge in [-0.1, -0.05) is 6.07 Å². The van der Waals surface area contributed by atoms with Gasteiger partial charge in [0, 0.05) is 0 Å². The van der Waals surface area contributed by atoms with Crippen LogP contribution in [0.3, 0.4) is 0 Å². The number of methoxy groups -OCH3 is 1. The molecule has 0 saturated carbocycles. The van der Waals surface area contributed by atoms with Gasteiger partial charge in [-0.25, -0.2) is 0 Å². The Morgan fingerprint density at radius 3 is 2.36 bits per heavy atom. The monoisotopic (exact) mass is 224 g/mol. The zero-order valence-electron chi connectivity index (χ0n) is 7.26. The Morgan fingerprint density at radius 1 is 1.21 bits per heavy atom. The molecule has 0 spiro atoms. The highest BCUT2D eigenvalue weighted by Crippen LogP contribution is 2.31. The van der Waals surface area contributed by atoms with E-state index in [0.717, 1.165) is 5.30 Å². The minimum atomic E-state index is -4.70. The molecule has 1 aromatic carbocycles. The highest BCUT2D eigenvalue weighted by Gasteiger charge is 2.32. The molecule has 2 nitrogen and oxygen atoms in total. The SMILES string of the molecule is COc1cc(P)ccc1OC(F)(F)F. The number of alkyl halides is 3. The number of ether oxygens (including phenoxy) is 2. The standard InChI is InChI=1S/C8H8F3O2P/c1-12-7-4-5(14)2-3-6(7)13-8(9,10)11/h2-4H,14H2,1H3. The van der Waals surface area contributed by atoms with Crippen molar-refractivity contribution < 1.29 is 22.6 Å². The summed E-state index contributed by atoms with van der Waals surface area (Å²) in [7, 11) is 3.63. The van der Waals surface area contributed by atoms with Crippen LogP contribution in [0, 0.1) is 0 Å². The van der Waals surface area contributed by atoms with Crippen molar-refractivity contribution in [2.45, 2.75) is 6.36 Å². The summed E-state index contributed by atoms with van der Waals surface area (Å²) >= 11 is 0. The summed E-state index contributed by atoms with van der Waals surface area (Å²) in [5.41, 5.74) is 0. The van der Waals surface area contributed by atoms with Crippen LogP contribution in [0.15, 0.2) is 18.2 Å². The van der Waals surface area contributed by atoms with Crippen LogP contribution >= 0.6 is 9.24 Å². The Hall–Kier alpha value is -0.960. The second-order valence-corrected chi connectivity index (χ2v) is 3.12. The molecule has 0 aliphatic rings. The van der Waals surface area contributed by atoms with Gasteiger partial charge in [0.05, 0.1) is 7.11 Å². The Bertz CT molecular complexity index is 325. The van der Waals surface area contributed by atoms with E-state index in [-0.39, 0.29) is 11.5 Å². The first-order chi connectivity index (χ1) is 6.42. The normalized spacial score (nSPS) is 11.2. The van der Waals surface area contributed by atoms with Gasteiger partial charge in [0.2, 0.25) is 0 Å². The Labute approximate surface area is 81.2 Å². The lowest BCUT2D eigenvalue weighted by Gasteiger charge is -2.12. The van der Waals surface area contributed by atoms with E-state index in [1.54, 1.807) is 0 Å². The molecule has 0 radical (unpaired) electrons. The zero-order valence-corrected chi connectivity index (χ0v) is 8.41. The van der Waals surface area contributed by atoms with Crippen molar-refractivity contribution in [3.63, 3.8) is 0 Å². The third-order valence-electron chi connectivity index (χ3n) is 1.41. The molecule has 14 heavy (non-hydrogen) atoms. The average molecular weight is 224 g/mol. The summed E-state index contributed by atoms with van der Waals surface area (Å²) < 4.78 is 44.1. The number of benzene rings is 1. The molecule has 0 saturated heterocycles. The van der Waals surface area contributed by atoms with E-state index in [9.17, 15) is 13.2 Å². The van der Waals surface area contributed by atoms with Gasteiger partial charge in [-0.2, -0.15) is 0 Å². The quantitative estimate of drug-likeness (QED) is 0.716. The first-order valence-corrected chi connectivity index (χ1v) is 4.19. The third-order valence-corrected chi connectivity index (χ3v) is 1.77. The molecule has 0 heterocycles. The molecule has 1 aromatic rings. The van der Waals surface area contributed by atoms with Gasteiger partial charge in [0.15, 0.2) is 11.5 Å². The van der Waals surface area contributed by atoms with E-state index >= 15 is 0 Å². The highest BCUT2D eigenvalue weighted by molar-refractivity contribution is 7.27. The van der Waals surface area contributed by atoms with Crippen molar-refractivity contribution in [1.29, 1.82) is 0 Å². The molecule has 78 valence electrons. The average Bonchev–Trinajstić information content (AvgIpc) is 2.06. The van der Waals surface area contributed by atoms with Gasteiger partial charge in [-0.3, -0.25) is 0 Å². The third kappa shape index (κ3) is 3.07. The Balaban J connectivity index is 2.97. The fourth-order valence-electron chi connectivity index (χ4n) is 0.893. The fraction of sp³-hybridized carbons (Fsp3) is 0.250. The highest BCUT2D eigenvalue weighted by atomic mass is 31.0. The fourth-order valence-corrected chi connectivity index (χ4v) is 1.14. The molecule has 0 N–H and O–H groups in total. The van der Waals surface area contributed by atoms with Gasteiger partial charge in [0.25, 0.3) is 0 Å². The van der Waals surface area contributed by atoms with E-state index in [1.807, 2.05) is 0 Å². The summed E-state index contributed by atoms with van der Waals surface area (Å²) in [5.74, 6) is -0.291. The lowest BCUT2D eigenvalue weighted by Crippen LogP contribution is -2.17. The van der Waals surface area contributed by atoms with Crippen LogP contribution in [-0.2, 0) is 0 Å². The maximum Gasteiger partial charge on any atom is 0.573 e. The van der Waals surface area contributed by atoms with E-state index in [2.05, 4.69) is 14.0 Å². The van der Waals surface area contributed by atoms with Gasteiger partial charge in [-0.15, -0.1) is 22.4 Å². The second-order valence-electron chi connectivity index (χ2n) is 2.46. The topological polar surface area (TPSA) is 18.5 Å². The van der Waals surface area contributed by atoms with Crippen LogP contribution < -0.4 is 14.8 Å². The number of hydrogen-bond donors (Lipinski definition) is 0. The molecule has 1 unspecified atom stereocenters. The number of halogens is 3. The molecule has 0 fully saturated rings. The second kappa shape index (κ2) is 4.05. The van der Waals surface area contributed by atoms with Gasteiger partial charge >= 0.3 is 6.36 Å². The van der Waals surface area contributed by atoms with Crippen molar-refractivity contribution in [3.05, 3.63) is 18.2 Å². The molecular formula is C8H8F3O2P. The Morgan fingerprint density at radius 2 is 1.86 bits per heavy atom. The summed E-state index contributed by atoms with van der Waals surface area (Å²) in [6.45, 7) is 0. The van der Waals surface area contributed by atoms with E-state index in [4.69, 9.17) is 4.74 Å². The minimum absolute atomic E-state index is 0.0508. The van der Waals surface area contributed by atoms with Gasteiger partial charge in [-0.05, 0) is 17.4 Å². The summed E-state index contributed by atoms with van der Waals surface area (Å²) in [6.07, 6.45) is -4.70. The van der Waals surface area contributed by atoms with Crippen molar-refractivity contribution in [2.24, 2.45) is 0 Å². The van der Waals surface area contributed by atoms with Crippen molar-refractivity contribution in [1.82, 2.24) is 0 Å². The van der Waals surface area contributed by atoms with Crippen molar-refractivity contribution >= 4 is 14.5 Å². The van der Waals surface area contributed by atoms with Crippen LogP contribution in [0.5, 0.6) is 11.5 Å².